The molecule has 0 spiro atoms. The van der Waals surface area contributed by atoms with E-state index in [1.807, 2.05) is 13.8 Å². The van der Waals surface area contributed by atoms with Gasteiger partial charge in [0.2, 0.25) is 5.91 Å². The van der Waals surface area contributed by atoms with Crippen LogP contribution >= 0.6 is 0 Å². The lowest BCUT2D eigenvalue weighted by atomic mass is 9.91. The number of urea groups is 1. The zero-order valence-electron chi connectivity index (χ0n) is 13.6. The van der Waals surface area contributed by atoms with Crippen molar-refractivity contribution in [3.63, 3.8) is 0 Å². The lowest BCUT2D eigenvalue weighted by molar-refractivity contribution is -0.138. The minimum Gasteiger partial charge on any atom is -0.334 e. The molecule has 1 atom stereocenters. The van der Waals surface area contributed by atoms with Crippen LogP contribution < -0.4 is 5.32 Å². The van der Waals surface area contributed by atoms with E-state index in [0.717, 1.165) is 4.90 Å². The van der Waals surface area contributed by atoms with Crippen LogP contribution in [-0.4, -0.2) is 52.8 Å². The molecule has 1 unspecified atom stereocenters. The van der Waals surface area contributed by atoms with Gasteiger partial charge in [-0.2, -0.15) is 0 Å². The summed E-state index contributed by atoms with van der Waals surface area (Å²) in [6.45, 7) is 13.3. The van der Waals surface area contributed by atoms with Crippen LogP contribution in [0, 0.1) is 5.92 Å². The van der Waals surface area contributed by atoms with E-state index in [1.54, 1.807) is 19.1 Å². The van der Waals surface area contributed by atoms with Crippen molar-refractivity contribution in [2.75, 3.05) is 19.6 Å². The van der Waals surface area contributed by atoms with E-state index in [1.165, 1.54) is 4.90 Å². The second kappa shape index (κ2) is 7.24. The van der Waals surface area contributed by atoms with E-state index in [-0.39, 0.29) is 24.3 Å². The predicted octanol–water partition coefficient (Wildman–Crippen LogP) is 1.54. The first-order valence-electron chi connectivity index (χ1n) is 7.38. The Morgan fingerprint density at radius 2 is 1.86 bits per heavy atom. The number of amides is 4. The fraction of sp³-hybridized carbons (Fsp3) is 0.562. The molecule has 1 saturated heterocycles. The third-order valence-electron chi connectivity index (χ3n) is 3.51. The molecule has 4 amide bonds. The number of nitrogens with zero attached hydrogens (tertiary/aromatic N) is 2. The van der Waals surface area contributed by atoms with Crippen molar-refractivity contribution in [2.24, 2.45) is 5.92 Å². The largest absolute Gasteiger partial charge is 0.334 e. The molecular weight excluding hydrogens is 282 g/mol. The Bertz CT molecular complexity index is 477. The summed E-state index contributed by atoms with van der Waals surface area (Å²) in [5.74, 6) is -0.406. The molecule has 22 heavy (non-hydrogen) atoms. The molecule has 0 radical (unpaired) electrons. The van der Waals surface area contributed by atoms with Gasteiger partial charge in [0.1, 0.15) is 12.1 Å². The van der Waals surface area contributed by atoms with Gasteiger partial charge in [0.05, 0.1) is 0 Å². The Hall–Kier alpha value is -2.11. The van der Waals surface area contributed by atoms with E-state index in [9.17, 15) is 14.4 Å². The summed E-state index contributed by atoms with van der Waals surface area (Å²) in [7, 11) is 0. The fourth-order valence-corrected chi connectivity index (χ4v) is 2.67. The van der Waals surface area contributed by atoms with Gasteiger partial charge in [-0.15, -0.1) is 13.2 Å². The summed E-state index contributed by atoms with van der Waals surface area (Å²) >= 11 is 0. The molecule has 0 aromatic carbocycles. The fourth-order valence-electron chi connectivity index (χ4n) is 2.67. The maximum atomic E-state index is 12.5. The molecule has 0 saturated carbocycles. The lowest BCUT2D eigenvalue weighted by Gasteiger charge is -2.24. The highest BCUT2D eigenvalue weighted by atomic mass is 16.2. The molecule has 0 aliphatic carbocycles. The zero-order chi connectivity index (χ0) is 16.9. The number of rotatable bonds is 8. The first-order valence-corrected chi connectivity index (χ1v) is 7.38. The van der Waals surface area contributed by atoms with Gasteiger partial charge in [-0.3, -0.25) is 14.5 Å². The number of carbonyl (C=O) groups excluding carboxylic acids is 3. The van der Waals surface area contributed by atoms with E-state index in [4.69, 9.17) is 0 Å². The number of hydrogen-bond acceptors (Lipinski definition) is 3. The smallest absolute Gasteiger partial charge is 0.325 e. The second-order valence-electron chi connectivity index (χ2n) is 6.13. The molecule has 6 heteroatoms. The average molecular weight is 307 g/mol. The minimum absolute atomic E-state index is 0.253. The van der Waals surface area contributed by atoms with Crippen molar-refractivity contribution in [1.29, 1.82) is 0 Å². The van der Waals surface area contributed by atoms with Crippen LogP contribution in [0.2, 0.25) is 0 Å². The molecule has 0 aromatic heterocycles. The van der Waals surface area contributed by atoms with Gasteiger partial charge in [-0.25, -0.2) is 4.79 Å². The highest BCUT2D eigenvalue weighted by molar-refractivity contribution is 6.08. The SMILES string of the molecule is C=CCN(CC=C)C(=O)CN1C(=O)NC(C)(CC(C)C)C1=O. The van der Waals surface area contributed by atoms with Crippen LogP contribution in [0.25, 0.3) is 0 Å². The summed E-state index contributed by atoms with van der Waals surface area (Å²) in [4.78, 5) is 39.3. The summed E-state index contributed by atoms with van der Waals surface area (Å²) in [6.07, 6.45) is 3.72. The molecule has 1 heterocycles. The number of nitrogens with one attached hydrogen (secondary N) is 1. The Morgan fingerprint density at radius 3 is 2.32 bits per heavy atom. The predicted molar refractivity (Wildman–Crippen MR) is 85.1 cm³/mol. The quantitative estimate of drug-likeness (QED) is 0.546. The number of carbonyl (C=O) groups is 3. The molecule has 1 aliphatic heterocycles. The third kappa shape index (κ3) is 3.96. The van der Waals surface area contributed by atoms with E-state index in [0.29, 0.717) is 19.5 Å². The normalized spacial score (nSPS) is 21.0. The van der Waals surface area contributed by atoms with Gasteiger partial charge in [0.25, 0.3) is 5.91 Å². The Labute approximate surface area is 131 Å². The Morgan fingerprint density at radius 1 is 1.32 bits per heavy atom. The highest BCUT2D eigenvalue weighted by Crippen LogP contribution is 2.24. The average Bonchev–Trinajstić information content (AvgIpc) is 2.61. The van der Waals surface area contributed by atoms with Gasteiger partial charge in [-0.05, 0) is 19.3 Å². The van der Waals surface area contributed by atoms with Gasteiger partial charge in [-0.1, -0.05) is 26.0 Å². The minimum atomic E-state index is -0.937. The van der Waals surface area contributed by atoms with Crippen LogP contribution in [-0.2, 0) is 9.59 Å². The van der Waals surface area contributed by atoms with Crippen molar-refractivity contribution in [3.05, 3.63) is 25.3 Å². The monoisotopic (exact) mass is 307 g/mol. The summed E-state index contributed by atoms with van der Waals surface area (Å²) in [5.41, 5.74) is -0.937. The molecule has 1 N–H and O–H groups in total. The number of hydrogen-bond donors (Lipinski definition) is 1. The van der Waals surface area contributed by atoms with Crippen LogP contribution in [0.5, 0.6) is 0 Å². The third-order valence-corrected chi connectivity index (χ3v) is 3.51. The van der Waals surface area contributed by atoms with Crippen LogP contribution in [0.3, 0.4) is 0 Å². The maximum Gasteiger partial charge on any atom is 0.325 e. The van der Waals surface area contributed by atoms with Gasteiger partial charge >= 0.3 is 6.03 Å². The summed E-state index contributed by atoms with van der Waals surface area (Å²) < 4.78 is 0. The first-order chi connectivity index (χ1) is 10.2. The van der Waals surface area contributed by atoms with Gasteiger partial charge in [0.15, 0.2) is 0 Å². The molecule has 1 aliphatic rings. The van der Waals surface area contributed by atoms with Crippen molar-refractivity contribution in [3.8, 4) is 0 Å². The molecular formula is C16H25N3O3. The topological polar surface area (TPSA) is 69.7 Å². The van der Waals surface area contributed by atoms with Crippen LogP contribution in [0.15, 0.2) is 25.3 Å². The standard InChI is InChI=1S/C16H25N3O3/c1-6-8-18(9-7-2)13(20)11-19-14(21)16(5,10-12(3)4)17-15(19)22/h6-7,12H,1-2,8-11H2,3-5H3,(H,17,22). The molecule has 0 aromatic rings. The molecule has 6 nitrogen and oxygen atoms in total. The van der Waals surface area contributed by atoms with E-state index >= 15 is 0 Å². The summed E-state index contributed by atoms with van der Waals surface area (Å²) in [6, 6.07) is -0.515. The van der Waals surface area contributed by atoms with Crippen molar-refractivity contribution in [2.45, 2.75) is 32.7 Å². The lowest BCUT2D eigenvalue weighted by Crippen LogP contribution is -2.46. The highest BCUT2D eigenvalue weighted by Gasteiger charge is 2.48. The van der Waals surface area contributed by atoms with Crippen LogP contribution in [0.4, 0.5) is 4.79 Å². The maximum absolute atomic E-state index is 12.5. The van der Waals surface area contributed by atoms with Crippen molar-refractivity contribution >= 4 is 17.8 Å². The Kier molecular flexibility index (Phi) is 5.91. The Balaban J connectivity index is 2.82. The van der Waals surface area contributed by atoms with E-state index < -0.39 is 11.6 Å². The zero-order valence-corrected chi connectivity index (χ0v) is 13.6. The summed E-state index contributed by atoms with van der Waals surface area (Å²) in [5, 5.41) is 2.70. The molecule has 0 bridgehead atoms. The second-order valence-corrected chi connectivity index (χ2v) is 6.13. The first kappa shape index (κ1) is 17.9. The molecule has 1 rings (SSSR count). The number of imide groups is 1. The molecule has 1 fully saturated rings. The molecule has 122 valence electrons. The van der Waals surface area contributed by atoms with Gasteiger partial charge < -0.3 is 10.2 Å². The van der Waals surface area contributed by atoms with E-state index in [2.05, 4.69) is 18.5 Å². The van der Waals surface area contributed by atoms with Crippen molar-refractivity contribution < 1.29 is 14.4 Å². The van der Waals surface area contributed by atoms with Crippen LogP contribution in [0.1, 0.15) is 27.2 Å². The van der Waals surface area contributed by atoms with Crippen molar-refractivity contribution in [1.82, 2.24) is 15.1 Å². The van der Waals surface area contributed by atoms with Gasteiger partial charge in [0, 0.05) is 13.1 Å².